The van der Waals surface area contributed by atoms with Crippen LogP contribution in [0.1, 0.15) is 39.5 Å². The highest BCUT2D eigenvalue weighted by molar-refractivity contribution is 9.10. The van der Waals surface area contributed by atoms with E-state index < -0.39 is 0 Å². The topological polar surface area (TPSA) is 48.4 Å². The number of carbonyl (C=O) groups is 1. The molecule has 1 saturated carbocycles. The number of nitrogens with zero attached hydrogens (tertiary/aromatic N) is 1. The second-order valence-electron chi connectivity index (χ2n) is 5.41. The van der Waals surface area contributed by atoms with Crippen LogP contribution in [-0.4, -0.2) is 23.2 Å². The summed E-state index contributed by atoms with van der Waals surface area (Å²) in [6.45, 7) is 3.75. The second kappa shape index (κ2) is 7.07. The lowest BCUT2D eigenvalue weighted by molar-refractivity contribution is -0.154. The van der Waals surface area contributed by atoms with Gasteiger partial charge >= 0.3 is 5.97 Å². The molecule has 2 atom stereocenters. The van der Waals surface area contributed by atoms with Crippen molar-refractivity contribution in [1.29, 1.82) is 0 Å². The summed E-state index contributed by atoms with van der Waals surface area (Å²) in [4.78, 5) is 16.1. The molecule has 1 aliphatic carbocycles. The minimum Gasteiger partial charge on any atom is -0.489 e. The third kappa shape index (κ3) is 4.47. The Labute approximate surface area is 128 Å². The van der Waals surface area contributed by atoms with Gasteiger partial charge in [0.05, 0.1) is 24.3 Å². The van der Waals surface area contributed by atoms with E-state index in [0.29, 0.717) is 0 Å². The summed E-state index contributed by atoms with van der Waals surface area (Å²) in [6, 6.07) is 3.73. The summed E-state index contributed by atoms with van der Waals surface area (Å²) in [6.07, 6.45) is 5.29. The highest BCUT2D eigenvalue weighted by atomic mass is 79.9. The minimum atomic E-state index is -0.0952. The Morgan fingerprint density at radius 3 is 2.85 bits per heavy atom. The van der Waals surface area contributed by atoms with Crippen LogP contribution in [0.4, 0.5) is 0 Å². The molecule has 2 rings (SSSR count). The van der Waals surface area contributed by atoms with E-state index in [9.17, 15) is 4.79 Å². The molecule has 1 aromatic rings. The summed E-state index contributed by atoms with van der Waals surface area (Å²) >= 11 is 3.29. The van der Waals surface area contributed by atoms with Crippen LogP contribution in [0.3, 0.4) is 0 Å². The highest BCUT2D eigenvalue weighted by Crippen LogP contribution is 2.29. The fraction of sp³-hybridized carbons (Fsp3) is 0.600. The molecule has 1 heterocycles. The molecular weight excluding hydrogens is 322 g/mol. The van der Waals surface area contributed by atoms with Gasteiger partial charge in [0.2, 0.25) is 0 Å². The second-order valence-corrected chi connectivity index (χ2v) is 6.22. The van der Waals surface area contributed by atoms with Gasteiger partial charge in [-0.1, -0.05) is 0 Å². The van der Waals surface area contributed by atoms with Crippen LogP contribution in [-0.2, 0) is 9.53 Å². The Balaban J connectivity index is 1.90. The molecule has 110 valence electrons. The van der Waals surface area contributed by atoms with Gasteiger partial charge in [0.15, 0.2) is 0 Å². The monoisotopic (exact) mass is 341 g/mol. The molecule has 4 nitrogen and oxygen atoms in total. The molecule has 5 heteroatoms. The van der Waals surface area contributed by atoms with Gasteiger partial charge in [0.25, 0.3) is 0 Å². The number of esters is 1. The van der Waals surface area contributed by atoms with E-state index in [-0.39, 0.29) is 24.1 Å². The van der Waals surface area contributed by atoms with E-state index in [1.807, 2.05) is 26.0 Å². The van der Waals surface area contributed by atoms with Crippen molar-refractivity contribution in [2.45, 2.75) is 51.7 Å². The van der Waals surface area contributed by atoms with Crippen LogP contribution in [0.5, 0.6) is 5.75 Å². The molecule has 0 radical (unpaired) electrons. The number of rotatable bonds is 4. The van der Waals surface area contributed by atoms with Crippen molar-refractivity contribution in [3.63, 3.8) is 0 Å². The largest absolute Gasteiger partial charge is 0.489 e. The highest BCUT2D eigenvalue weighted by Gasteiger charge is 2.30. The quantitative estimate of drug-likeness (QED) is 0.618. The molecule has 0 unspecified atom stereocenters. The van der Waals surface area contributed by atoms with Crippen molar-refractivity contribution in [2.24, 2.45) is 5.92 Å². The van der Waals surface area contributed by atoms with Crippen LogP contribution in [0.25, 0.3) is 0 Å². The van der Waals surface area contributed by atoms with Gasteiger partial charge in [-0.05, 0) is 67.6 Å². The molecule has 0 N–H and O–H groups in total. The van der Waals surface area contributed by atoms with E-state index in [0.717, 1.165) is 36.0 Å². The first-order valence-corrected chi connectivity index (χ1v) is 7.82. The first-order valence-electron chi connectivity index (χ1n) is 7.03. The van der Waals surface area contributed by atoms with Gasteiger partial charge in [-0.25, -0.2) is 4.98 Å². The molecule has 0 spiro atoms. The number of carbonyl (C=O) groups excluding carboxylic acids is 1. The molecule has 1 aliphatic rings. The van der Waals surface area contributed by atoms with Crippen LogP contribution in [0, 0.1) is 5.92 Å². The van der Waals surface area contributed by atoms with Gasteiger partial charge in [-0.15, -0.1) is 0 Å². The van der Waals surface area contributed by atoms with E-state index in [4.69, 9.17) is 9.47 Å². The number of hydrogen-bond acceptors (Lipinski definition) is 4. The van der Waals surface area contributed by atoms with Gasteiger partial charge in [-0.2, -0.15) is 0 Å². The van der Waals surface area contributed by atoms with E-state index in [1.54, 1.807) is 6.20 Å². The molecule has 0 aliphatic heterocycles. The minimum absolute atomic E-state index is 0.0421. The molecular formula is C15H20BrNO3. The molecule has 20 heavy (non-hydrogen) atoms. The Morgan fingerprint density at radius 2 is 2.20 bits per heavy atom. The summed E-state index contributed by atoms with van der Waals surface area (Å²) in [7, 11) is 0. The number of ether oxygens (including phenoxy) is 2. The van der Waals surface area contributed by atoms with Gasteiger partial charge < -0.3 is 9.47 Å². The predicted octanol–water partition coefficient (Wildman–Crippen LogP) is 3.73. The zero-order chi connectivity index (χ0) is 14.5. The fourth-order valence-corrected chi connectivity index (χ4v) is 2.65. The van der Waals surface area contributed by atoms with Gasteiger partial charge in [0.1, 0.15) is 10.4 Å². The third-order valence-corrected chi connectivity index (χ3v) is 3.78. The van der Waals surface area contributed by atoms with Crippen LogP contribution >= 0.6 is 15.9 Å². The maximum Gasteiger partial charge on any atom is 0.309 e. The molecule has 0 aromatic carbocycles. The number of pyridine rings is 1. The molecule has 0 amide bonds. The lowest BCUT2D eigenvalue weighted by Gasteiger charge is -2.28. The van der Waals surface area contributed by atoms with Crippen molar-refractivity contribution >= 4 is 21.9 Å². The third-order valence-electron chi connectivity index (χ3n) is 3.31. The Kier molecular flexibility index (Phi) is 5.40. The SMILES string of the molecule is CC(C)OC(=O)[C@H]1CCC[C@H](Oc2ccc(Br)nc2)C1. The molecule has 1 fully saturated rings. The average molecular weight is 342 g/mol. The standard InChI is InChI=1S/C15H20BrNO3/c1-10(2)19-15(18)11-4-3-5-12(8-11)20-13-6-7-14(16)17-9-13/h6-7,9-12H,3-5,8H2,1-2H3/t11-,12-/m0/s1. The van der Waals surface area contributed by atoms with Crippen molar-refractivity contribution in [3.05, 3.63) is 22.9 Å². The first kappa shape index (κ1) is 15.3. The lowest BCUT2D eigenvalue weighted by atomic mass is 9.87. The van der Waals surface area contributed by atoms with Crippen molar-refractivity contribution in [1.82, 2.24) is 4.98 Å². The Bertz CT molecular complexity index is 447. The summed E-state index contributed by atoms with van der Waals surface area (Å²) in [5.41, 5.74) is 0. The van der Waals surface area contributed by atoms with Gasteiger partial charge in [0, 0.05) is 0 Å². The zero-order valence-corrected chi connectivity index (χ0v) is 13.4. The molecule has 0 saturated heterocycles. The molecule has 0 bridgehead atoms. The van der Waals surface area contributed by atoms with Crippen molar-refractivity contribution in [2.75, 3.05) is 0 Å². The number of halogens is 1. The Hall–Kier alpha value is -1.10. The first-order chi connectivity index (χ1) is 9.54. The zero-order valence-electron chi connectivity index (χ0n) is 11.8. The van der Waals surface area contributed by atoms with E-state index in [2.05, 4.69) is 20.9 Å². The normalized spacial score (nSPS) is 22.6. The maximum atomic E-state index is 12.0. The van der Waals surface area contributed by atoms with Crippen LogP contribution in [0.2, 0.25) is 0 Å². The fourth-order valence-electron chi connectivity index (χ4n) is 2.42. The van der Waals surface area contributed by atoms with E-state index >= 15 is 0 Å². The summed E-state index contributed by atoms with van der Waals surface area (Å²) in [5.74, 6) is 0.609. The van der Waals surface area contributed by atoms with Crippen molar-refractivity contribution < 1.29 is 14.3 Å². The van der Waals surface area contributed by atoms with E-state index in [1.165, 1.54) is 0 Å². The van der Waals surface area contributed by atoms with Gasteiger partial charge in [-0.3, -0.25) is 4.79 Å². The number of hydrogen-bond donors (Lipinski definition) is 0. The smallest absolute Gasteiger partial charge is 0.309 e. The number of aromatic nitrogens is 1. The van der Waals surface area contributed by atoms with Crippen molar-refractivity contribution in [3.8, 4) is 5.75 Å². The summed E-state index contributed by atoms with van der Waals surface area (Å²) < 4.78 is 12.0. The summed E-state index contributed by atoms with van der Waals surface area (Å²) in [5, 5.41) is 0. The predicted molar refractivity (Wildman–Crippen MR) is 79.5 cm³/mol. The average Bonchev–Trinajstić information content (AvgIpc) is 2.41. The van der Waals surface area contributed by atoms with Crippen LogP contribution < -0.4 is 4.74 Å². The Morgan fingerprint density at radius 1 is 1.40 bits per heavy atom. The molecule has 1 aromatic heterocycles. The lowest BCUT2D eigenvalue weighted by Crippen LogP contribution is -2.31. The maximum absolute atomic E-state index is 12.0. The van der Waals surface area contributed by atoms with Crippen LogP contribution in [0.15, 0.2) is 22.9 Å².